The minimum atomic E-state index is -0.877. The minimum Gasteiger partial charge on any atom is -0.779 e. The van der Waals surface area contributed by atoms with Gasteiger partial charge in [0.05, 0.1) is 15.8 Å². The van der Waals surface area contributed by atoms with Crippen LogP contribution in [0.5, 0.6) is 0 Å². The summed E-state index contributed by atoms with van der Waals surface area (Å²) < 4.78 is 0. The maximum atomic E-state index is 5.25. The van der Waals surface area contributed by atoms with Gasteiger partial charge in [-0.25, -0.2) is 0 Å². The van der Waals surface area contributed by atoms with E-state index >= 15 is 0 Å². The zero-order valence-electron chi connectivity index (χ0n) is 29.1. The zero-order chi connectivity index (χ0) is 35.8. The molecule has 0 spiro atoms. The fourth-order valence-corrected chi connectivity index (χ4v) is 11.7. The van der Waals surface area contributed by atoms with Crippen LogP contribution in [0.2, 0.25) is 0 Å². The molecule has 262 valence electrons. The summed E-state index contributed by atoms with van der Waals surface area (Å²) in [6, 6.07) is 80.7. The Morgan fingerprint density at radius 1 is 0.226 bits per heavy atom. The Bertz CT molecular complexity index is 1860. The van der Waals surface area contributed by atoms with Gasteiger partial charge in [0, 0.05) is 0 Å². The van der Waals surface area contributed by atoms with Crippen molar-refractivity contribution in [1.29, 1.82) is 0 Å². The summed E-state index contributed by atoms with van der Waals surface area (Å²) in [7, 11) is -1.75. The quantitative estimate of drug-likeness (QED) is 0.116. The number of hydrogen-bond acceptors (Lipinski definition) is 2. The van der Waals surface area contributed by atoms with Crippen LogP contribution in [0.25, 0.3) is 11.1 Å². The standard InChI is InChI=1S/2C18H15P.C12H10S2.Pt/c2*1-4-10-16(11-5-1)19(17-12-6-2-7-13-17)18-14-8-3-9-15-18;13-11-7-3-1-5-9(11)10-6-2-4-8-12(10)14;/h2*1-15H;1-8,13-14H;/q;;;+2. The van der Waals surface area contributed by atoms with Crippen molar-refractivity contribution in [2.45, 2.75) is 9.79 Å². The van der Waals surface area contributed by atoms with Gasteiger partial charge >= 0.3 is 21.1 Å². The Balaban J connectivity index is 0.000000154. The Labute approximate surface area is 343 Å². The van der Waals surface area contributed by atoms with Crippen molar-refractivity contribution in [2.24, 2.45) is 0 Å². The summed E-state index contributed by atoms with van der Waals surface area (Å²) in [6.07, 6.45) is 0. The zero-order valence-corrected chi connectivity index (χ0v) is 35.0. The van der Waals surface area contributed by atoms with E-state index in [4.69, 9.17) is 25.3 Å². The van der Waals surface area contributed by atoms with Crippen molar-refractivity contribution < 1.29 is 21.1 Å². The average molecular weight is 938 g/mol. The van der Waals surface area contributed by atoms with Crippen LogP contribution in [0.3, 0.4) is 0 Å². The summed E-state index contributed by atoms with van der Waals surface area (Å²) in [4.78, 5) is 1.70. The first-order valence-corrected chi connectivity index (χ1v) is 21.1. The van der Waals surface area contributed by atoms with E-state index in [2.05, 4.69) is 182 Å². The molecule has 0 heterocycles. The molecule has 8 aromatic carbocycles. The first-order chi connectivity index (χ1) is 25.7. The van der Waals surface area contributed by atoms with Gasteiger partial charge in [-0.3, -0.25) is 0 Å². The fraction of sp³-hybridized carbons (Fsp3) is 0. The first kappa shape index (κ1) is 39.9. The molecule has 0 radical (unpaired) electrons. The molecule has 0 unspecified atom stereocenters. The van der Waals surface area contributed by atoms with Crippen molar-refractivity contribution >= 4 is 72.9 Å². The molecule has 0 atom stereocenters. The molecule has 0 aliphatic carbocycles. The molecule has 53 heavy (non-hydrogen) atoms. The van der Waals surface area contributed by atoms with Crippen molar-refractivity contribution in [1.82, 2.24) is 0 Å². The minimum absolute atomic E-state index is 0. The molecule has 0 N–H and O–H groups in total. The predicted octanol–water partition coefficient (Wildman–Crippen LogP) is 9.52. The molecule has 0 aliphatic heterocycles. The number of hydrogen-bond donors (Lipinski definition) is 0. The topological polar surface area (TPSA) is 0 Å². The summed E-state index contributed by atoms with van der Waals surface area (Å²) in [5.74, 6) is 0. The Morgan fingerprint density at radius 2 is 0.396 bits per heavy atom. The van der Waals surface area contributed by atoms with Crippen LogP contribution in [-0.2, 0) is 46.3 Å². The van der Waals surface area contributed by atoms with Gasteiger partial charge in [-0.1, -0.05) is 158 Å². The van der Waals surface area contributed by atoms with E-state index in [0.717, 1.165) is 20.9 Å². The van der Waals surface area contributed by atoms with Crippen LogP contribution in [0.4, 0.5) is 0 Å². The van der Waals surface area contributed by atoms with E-state index in [9.17, 15) is 0 Å². The third-order valence-electron chi connectivity index (χ3n) is 8.44. The molecule has 0 aromatic heterocycles. The van der Waals surface area contributed by atoms with Crippen LogP contribution < -0.4 is 31.8 Å². The van der Waals surface area contributed by atoms with Crippen molar-refractivity contribution in [2.75, 3.05) is 0 Å². The molecule has 0 bridgehead atoms. The van der Waals surface area contributed by atoms with E-state index in [1.165, 1.54) is 31.8 Å². The second kappa shape index (κ2) is 21.4. The Kier molecular flexibility index (Phi) is 16.2. The normalized spacial score (nSPS) is 10.2. The summed E-state index contributed by atoms with van der Waals surface area (Å²) in [6.45, 7) is 0. The van der Waals surface area contributed by atoms with Gasteiger partial charge in [0.15, 0.2) is 0 Å². The molecule has 0 amide bonds. The van der Waals surface area contributed by atoms with Gasteiger partial charge in [-0.05, 0) is 83.9 Å². The molecular formula is C48H40P2PtS2+2. The summed E-state index contributed by atoms with van der Waals surface area (Å²) in [5, 5.41) is 8.61. The van der Waals surface area contributed by atoms with Gasteiger partial charge in [0.2, 0.25) is 0 Å². The van der Waals surface area contributed by atoms with Crippen LogP contribution in [0.1, 0.15) is 0 Å². The molecular weight excluding hydrogens is 898 g/mol. The van der Waals surface area contributed by atoms with Gasteiger partial charge in [-0.2, -0.15) is 9.79 Å². The van der Waals surface area contributed by atoms with E-state index in [0.29, 0.717) is 0 Å². The maximum Gasteiger partial charge on any atom is 2.00 e. The average Bonchev–Trinajstić information content (AvgIpc) is 3.22. The van der Waals surface area contributed by atoms with Gasteiger partial charge in [0.25, 0.3) is 0 Å². The van der Waals surface area contributed by atoms with Gasteiger partial charge < -0.3 is 25.3 Å². The molecule has 0 nitrogen and oxygen atoms in total. The molecule has 8 rings (SSSR count). The van der Waals surface area contributed by atoms with E-state index < -0.39 is 15.8 Å². The van der Waals surface area contributed by atoms with Gasteiger partial charge in [0.1, 0.15) is 31.8 Å². The van der Waals surface area contributed by atoms with E-state index in [1.807, 2.05) is 48.5 Å². The monoisotopic (exact) mass is 937 g/mol. The van der Waals surface area contributed by atoms with Crippen LogP contribution >= 0.6 is 15.8 Å². The van der Waals surface area contributed by atoms with E-state index in [-0.39, 0.29) is 21.1 Å². The largest absolute Gasteiger partial charge is 2.00 e. The van der Waals surface area contributed by atoms with Gasteiger partial charge in [-0.15, -0.1) is 0 Å². The third kappa shape index (κ3) is 11.4. The Hall–Kier alpha value is -4.25. The van der Waals surface area contributed by atoms with Crippen LogP contribution in [0.15, 0.2) is 240 Å². The fourth-order valence-electron chi connectivity index (χ4n) is 6.01. The maximum absolute atomic E-state index is 5.25. The van der Waals surface area contributed by atoms with Crippen LogP contribution in [-0.4, -0.2) is 0 Å². The van der Waals surface area contributed by atoms with Crippen LogP contribution in [0, 0.1) is 0 Å². The molecule has 0 aliphatic rings. The van der Waals surface area contributed by atoms with Crippen molar-refractivity contribution in [3.63, 3.8) is 0 Å². The van der Waals surface area contributed by atoms with Crippen molar-refractivity contribution in [3.8, 4) is 11.1 Å². The van der Waals surface area contributed by atoms with E-state index in [1.54, 1.807) is 0 Å². The predicted molar refractivity (Wildman–Crippen MR) is 236 cm³/mol. The summed E-state index contributed by atoms with van der Waals surface area (Å²) in [5.41, 5.74) is 2.10. The molecule has 5 heteroatoms. The van der Waals surface area contributed by atoms with Crippen molar-refractivity contribution in [3.05, 3.63) is 231 Å². The molecule has 0 saturated heterocycles. The Morgan fingerprint density at radius 3 is 0.585 bits per heavy atom. The first-order valence-electron chi connectivity index (χ1n) is 17.3. The third-order valence-corrected chi connectivity index (χ3v) is 14.6. The molecule has 8 aromatic rings. The summed E-state index contributed by atoms with van der Waals surface area (Å²) >= 11 is 10.5. The smallest absolute Gasteiger partial charge is 0.779 e. The SMILES string of the molecule is [Pt+2].[S-]c1ccccc1-c1ccccc1[S-].c1ccc([PH+](c2ccccc2)c2ccccc2)cc1.c1ccc([PH+](c2ccccc2)c2ccccc2)cc1. The number of benzene rings is 8. The molecule has 0 fully saturated rings. The second-order valence-corrected chi connectivity index (χ2v) is 17.8. The second-order valence-electron chi connectivity index (χ2n) is 11.9. The molecule has 0 saturated carbocycles. The number of rotatable bonds is 7.